The fourth-order valence-electron chi connectivity index (χ4n) is 1.20. The van der Waals surface area contributed by atoms with Crippen LogP contribution in [0.5, 0.6) is 0 Å². The fourth-order valence-corrected chi connectivity index (χ4v) is 1.20. The summed E-state index contributed by atoms with van der Waals surface area (Å²) in [4.78, 5) is 23.1. The minimum Gasteiger partial charge on any atom is -0.480 e. The first-order valence-corrected chi connectivity index (χ1v) is 5.02. The summed E-state index contributed by atoms with van der Waals surface area (Å²) in [5, 5.41) is 17.7. The first-order chi connectivity index (χ1) is 6.82. The van der Waals surface area contributed by atoms with Crippen LogP contribution in [0.15, 0.2) is 0 Å². The monoisotopic (exact) mass is 217 g/mol. The molecule has 0 unspecified atom stereocenters. The van der Waals surface area contributed by atoms with Crippen LogP contribution in [-0.4, -0.2) is 45.7 Å². The van der Waals surface area contributed by atoms with Crippen molar-refractivity contribution in [1.82, 2.24) is 4.90 Å². The molecule has 5 nitrogen and oxygen atoms in total. The third kappa shape index (κ3) is 4.29. The molecule has 0 radical (unpaired) electrons. The number of hydrogen-bond acceptors (Lipinski definition) is 3. The highest BCUT2D eigenvalue weighted by atomic mass is 16.4. The van der Waals surface area contributed by atoms with Gasteiger partial charge < -0.3 is 10.2 Å². The van der Waals surface area contributed by atoms with Crippen molar-refractivity contribution in [2.24, 2.45) is 0 Å². The summed E-state index contributed by atoms with van der Waals surface area (Å²) in [6.45, 7) is 5.27. The van der Waals surface area contributed by atoms with Gasteiger partial charge in [-0.2, -0.15) is 0 Å². The number of hydrogen-bond donors (Lipinski definition) is 2. The zero-order valence-corrected chi connectivity index (χ0v) is 9.49. The molecule has 0 aliphatic rings. The molecule has 0 spiro atoms. The number of carboxylic acids is 2. The first kappa shape index (κ1) is 13.9. The maximum Gasteiger partial charge on any atom is 0.323 e. The predicted octanol–water partition coefficient (Wildman–Crippen LogP) is 1.04. The lowest BCUT2D eigenvalue weighted by atomic mass is 10.0. The quantitative estimate of drug-likeness (QED) is 0.666. The topological polar surface area (TPSA) is 77.8 Å². The number of carboxylic acid groups (broad SMARTS) is 2. The smallest absolute Gasteiger partial charge is 0.323 e. The van der Waals surface area contributed by atoms with E-state index >= 15 is 0 Å². The number of carbonyl (C=O) groups is 2. The Morgan fingerprint density at radius 3 is 2.13 bits per heavy atom. The van der Waals surface area contributed by atoms with Crippen molar-refractivity contribution in [1.29, 1.82) is 0 Å². The lowest BCUT2D eigenvalue weighted by Gasteiger charge is -2.33. The summed E-state index contributed by atoms with van der Waals surface area (Å²) in [6, 6.07) is 0. The van der Waals surface area contributed by atoms with Gasteiger partial charge in [-0.1, -0.05) is 13.3 Å². The zero-order valence-electron chi connectivity index (χ0n) is 9.49. The Labute approximate surface area is 89.7 Å². The number of nitrogens with zero attached hydrogens (tertiary/aromatic N) is 1. The Morgan fingerprint density at radius 1 is 1.27 bits per heavy atom. The SMILES string of the molecule is CCCCN(CC(=O)O)C(C)(C)C(=O)O. The molecule has 0 aromatic heterocycles. The van der Waals surface area contributed by atoms with Gasteiger partial charge in [0.2, 0.25) is 0 Å². The summed E-state index contributed by atoms with van der Waals surface area (Å²) in [7, 11) is 0. The van der Waals surface area contributed by atoms with Gasteiger partial charge in [-0.05, 0) is 26.8 Å². The maximum atomic E-state index is 11.0. The molecule has 0 saturated carbocycles. The molecule has 5 heteroatoms. The van der Waals surface area contributed by atoms with Crippen LogP contribution < -0.4 is 0 Å². The third-order valence-electron chi connectivity index (χ3n) is 2.42. The molecule has 88 valence electrons. The van der Waals surface area contributed by atoms with Crippen LogP contribution in [0.25, 0.3) is 0 Å². The molecule has 0 aromatic carbocycles. The van der Waals surface area contributed by atoms with E-state index < -0.39 is 17.5 Å². The van der Waals surface area contributed by atoms with Crippen molar-refractivity contribution in [2.45, 2.75) is 39.2 Å². The number of rotatable bonds is 7. The molecule has 15 heavy (non-hydrogen) atoms. The van der Waals surface area contributed by atoms with E-state index in [4.69, 9.17) is 10.2 Å². The lowest BCUT2D eigenvalue weighted by Crippen LogP contribution is -2.52. The van der Waals surface area contributed by atoms with Gasteiger partial charge in [-0.15, -0.1) is 0 Å². The molecule has 0 amide bonds. The average molecular weight is 217 g/mol. The molecular weight excluding hydrogens is 198 g/mol. The Balaban J connectivity index is 4.59. The van der Waals surface area contributed by atoms with Crippen molar-refractivity contribution >= 4 is 11.9 Å². The minimum absolute atomic E-state index is 0.237. The molecule has 0 rings (SSSR count). The first-order valence-electron chi connectivity index (χ1n) is 5.02. The highest BCUT2D eigenvalue weighted by Gasteiger charge is 2.35. The van der Waals surface area contributed by atoms with Crippen LogP contribution in [0.4, 0.5) is 0 Å². The summed E-state index contributed by atoms with van der Waals surface area (Å²) < 4.78 is 0. The summed E-state index contributed by atoms with van der Waals surface area (Å²) in [6.07, 6.45) is 1.70. The summed E-state index contributed by atoms with van der Waals surface area (Å²) >= 11 is 0. The molecule has 0 heterocycles. The molecule has 0 saturated heterocycles. The highest BCUT2D eigenvalue weighted by molar-refractivity contribution is 5.79. The van der Waals surface area contributed by atoms with Crippen molar-refractivity contribution < 1.29 is 19.8 Å². The third-order valence-corrected chi connectivity index (χ3v) is 2.42. The zero-order chi connectivity index (χ0) is 12.1. The summed E-state index contributed by atoms with van der Waals surface area (Å²) in [5.74, 6) is -2.00. The van der Waals surface area contributed by atoms with Gasteiger partial charge >= 0.3 is 11.9 Å². The molecule has 2 N–H and O–H groups in total. The Bertz CT molecular complexity index is 238. The number of aliphatic carboxylic acids is 2. The second-order valence-electron chi connectivity index (χ2n) is 4.03. The van der Waals surface area contributed by atoms with Gasteiger partial charge in [0.25, 0.3) is 0 Å². The summed E-state index contributed by atoms with van der Waals surface area (Å²) in [5.41, 5.74) is -1.13. The second kappa shape index (κ2) is 5.70. The second-order valence-corrected chi connectivity index (χ2v) is 4.03. The van der Waals surface area contributed by atoms with E-state index in [-0.39, 0.29) is 6.54 Å². The van der Waals surface area contributed by atoms with Gasteiger partial charge in [0.15, 0.2) is 0 Å². The minimum atomic E-state index is -1.13. The van der Waals surface area contributed by atoms with Crippen molar-refractivity contribution in [3.63, 3.8) is 0 Å². The molecule has 0 atom stereocenters. The Hall–Kier alpha value is -1.10. The van der Waals surface area contributed by atoms with Gasteiger partial charge in [-0.3, -0.25) is 14.5 Å². The molecular formula is C10H19NO4. The lowest BCUT2D eigenvalue weighted by molar-refractivity contribution is -0.152. The van der Waals surface area contributed by atoms with Crippen molar-refractivity contribution in [2.75, 3.05) is 13.1 Å². The van der Waals surface area contributed by atoms with E-state index in [1.54, 1.807) is 0 Å². The van der Waals surface area contributed by atoms with Crippen LogP contribution >= 0.6 is 0 Å². The van der Waals surface area contributed by atoms with E-state index in [9.17, 15) is 9.59 Å². The van der Waals surface area contributed by atoms with E-state index in [1.807, 2.05) is 6.92 Å². The van der Waals surface area contributed by atoms with Crippen LogP contribution in [0.1, 0.15) is 33.6 Å². The maximum absolute atomic E-state index is 11.0. The van der Waals surface area contributed by atoms with Gasteiger partial charge in [0, 0.05) is 0 Å². The largest absolute Gasteiger partial charge is 0.480 e. The van der Waals surface area contributed by atoms with Crippen LogP contribution in [0.2, 0.25) is 0 Å². The Morgan fingerprint density at radius 2 is 1.80 bits per heavy atom. The molecule has 0 aliphatic heterocycles. The average Bonchev–Trinajstić information content (AvgIpc) is 2.11. The van der Waals surface area contributed by atoms with Gasteiger partial charge in [0.1, 0.15) is 5.54 Å². The standard InChI is InChI=1S/C10H19NO4/c1-4-5-6-11(7-8(12)13)10(2,3)9(14)15/h4-7H2,1-3H3,(H,12,13)(H,14,15). The van der Waals surface area contributed by atoms with E-state index in [1.165, 1.54) is 18.7 Å². The van der Waals surface area contributed by atoms with Crippen molar-refractivity contribution in [3.05, 3.63) is 0 Å². The normalized spacial score (nSPS) is 11.7. The van der Waals surface area contributed by atoms with E-state index in [0.29, 0.717) is 6.54 Å². The van der Waals surface area contributed by atoms with Gasteiger partial charge in [-0.25, -0.2) is 0 Å². The van der Waals surface area contributed by atoms with E-state index in [2.05, 4.69) is 0 Å². The molecule has 0 aromatic rings. The Kier molecular flexibility index (Phi) is 5.28. The van der Waals surface area contributed by atoms with E-state index in [0.717, 1.165) is 12.8 Å². The number of unbranched alkanes of at least 4 members (excludes halogenated alkanes) is 1. The van der Waals surface area contributed by atoms with Crippen LogP contribution in [0.3, 0.4) is 0 Å². The van der Waals surface area contributed by atoms with Crippen molar-refractivity contribution in [3.8, 4) is 0 Å². The van der Waals surface area contributed by atoms with Crippen LogP contribution in [-0.2, 0) is 9.59 Å². The van der Waals surface area contributed by atoms with Gasteiger partial charge in [0.05, 0.1) is 6.54 Å². The molecule has 0 bridgehead atoms. The fraction of sp³-hybridized carbons (Fsp3) is 0.800. The van der Waals surface area contributed by atoms with Crippen LogP contribution in [0, 0.1) is 0 Å². The highest BCUT2D eigenvalue weighted by Crippen LogP contribution is 2.15. The molecule has 0 aliphatic carbocycles. The predicted molar refractivity (Wildman–Crippen MR) is 55.8 cm³/mol. The molecule has 0 fully saturated rings.